The van der Waals surface area contributed by atoms with Crippen molar-refractivity contribution >= 4 is 23.1 Å². The fourth-order valence-electron chi connectivity index (χ4n) is 1.53. The highest BCUT2D eigenvalue weighted by molar-refractivity contribution is 7.80. The maximum atomic E-state index is 11.6. The molecule has 1 amide bonds. The van der Waals surface area contributed by atoms with Gasteiger partial charge in [0.1, 0.15) is 17.1 Å². The molecular formula is C14H14N4O2S. The van der Waals surface area contributed by atoms with Crippen molar-refractivity contribution in [2.24, 2.45) is 5.73 Å². The normalized spacial score (nSPS) is 9.90. The maximum absolute atomic E-state index is 11.6. The van der Waals surface area contributed by atoms with Crippen LogP contribution in [0.1, 0.15) is 11.3 Å². The monoisotopic (exact) mass is 302 g/mol. The number of nitrogens with one attached hydrogen (secondary N) is 1. The summed E-state index contributed by atoms with van der Waals surface area (Å²) >= 11 is 4.85. The van der Waals surface area contributed by atoms with E-state index in [2.05, 4.69) is 15.3 Å². The molecule has 0 saturated carbocycles. The summed E-state index contributed by atoms with van der Waals surface area (Å²) in [7, 11) is 0. The van der Waals surface area contributed by atoms with Crippen LogP contribution in [0.3, 0.4) is 0 Å². The molecule has 108 valence electrons. The van der Waals surface area contributed by atoms with Gasteiger partial charge >= 0.3 is 0 Å². The number of rotatable bonds is 6. The van der Waals surface area contributed by atoms with E-state index in [1.807, 2.05) is 0 Å². The molecule has 1 aromatic heterocycles. The second-order valence-corrected chi connectivity index (χ2v) is 4.59. The molecule has 2 aromatic rings. The number of hydrogen-bond acceptors (Lipinski definition) is 5. The van der Waals surface area contributed by atoms with Crippen LogP contribution in [0.5, 0.6) is 5.75 Å². The molecule has 6 nitrogen and oxygen atoms in total. The summed E-state index contributed by atoms with van der Waals surface area (Å²) in [5.74, 6) is 0.347. The molecule has 0 bridgehead atoms. The molecule has 0 saturated heterocycles. The van der Waals surface area contributed by atoms with Gasteiger partial charge in [-0.2, -0.15) is 0 Å². The minimum atomic E-state index is -0.230. The number of amides is 1. The Morgan fingerprint density at radius 3 is 2.67 bits per heavy atom. The maximum Gasteiger partial charge on any atom is 0.258 e. The third-order valence-corrected chi connectivity index (χ3v) is 2.85. The Balaban J connectivity index is 1.77. The van der Waals surface area contributed by atoms with Gasteiger partial charge in [0.05, 0.1) is 12.2 Å². The zero-order valence-electron chi connectivity index (χ0n) is 11.2. The van der Waals surface area contributed by atoms with Gasteiger partial charge in [0.25, 0.3) is 5.91 Å². The average Bonchev–Trinajstić information content (AvgIpc) is 2.52. The van der Waals surface area contributed by atoms with Gasteiger partial charge in [-0.15, -0.1) is 0 Å². The van der Waals surface area contributed by atoms with Crippen molar-refractivity contribution in [3.05, 3.63) is 54.1 Å². The SMILES string of the molecule is NC(=S)c1ccc(OCC(=O)NCc2ccncn2)cc1. The number of aromatic nitrogens is 2. The van der Waals surface area contributed by atoms with Crippen molar-refractivity contribution < 1.29 is 9.53 Å². The molecule has 1 heterocycles. The lowest BCUT2D eigenvalue weighted by molar-refractivity contribution is -0.123. The molecule has 2 rings (SSSR count). The molecule has 0 aliphatic carbocycles. The highest BCUT2D eigenvalue weighted by Gasteiger charge is 2.04. The third-order valence-electron chi connectivity index (χ3n) is 2.62. The number of hydrogen-bond donors (Lipinski definition) is 2. The molecule has 21 heavy (non-hydrogen) atoms. The Kier molecular flexibility index (Phi) is 5.16. The predicted molar refractivity (Wildman–Crippen MR) is 81.7 cm³/mol. The van der Waals surface area contributed by atoms with Gasteiger partial charge in [0, 0.05) is 11.8 Å². The summed E-state index contributed by atoms with van der Waals surface area (Å²) in [5.41, 5.74) is 6.99. The zero-order chi connectivity index (χ0) is 15.1. The van der Waals surface area contributed by atoms with Crippen molar-refractivity contribution in [2.75, 3.05) is 6.61 Å². The first-order valence-corrected chi connectivity index (χ1v) is 6.60. The van der Waals surface area contributed by atoms with Crippen LogP contribution in [-0.2, 0) is 11.3 Å². The van der Waals surface area contributed by atoms with E-state index in [-0.39, 0.29) is 12.5 Å². The molecule has 0 unspecified atom stereocenters. The first kappa shape index (κ1) is 14.9. The lowest BCUT2D eigenvalue weighted by Crippen LogP contribution is -2.28. The number of nitrogens with two attached hydrogens (primary N) is 1. The van der Waals surface area contributed by atoms with E-state index >= 15 is 0 Å². The molecule has 0 spiro atoms. The Labute approximate surface area is 127 Å². The molecule has 0 radical (unpaired) electrons. The van der Waals surface area contributed by atoms with E-state index < -0.39 is 0 Å². The second kappa shape index (κ2) is 7.30. The quantitative estimate of drug-likeness (QED) is 0.767. The van der Waals surface area contributed by atoms with Crippen LogP contribution in [0.4, 0.5) is 0 Å². The van der Waals surface area contributed by atoms with Crippen molar-refractivity contribution in [2.45, 2.75) is 6.54 Å². The Hall–Kier alpha value is -2.54. The fourth-order valence-corrected chi connectivity index (χ4v) is 1.66. The Bertz CT molecular complexity index is 617. The fraction of sp³-hybridized carbons (Fsp3) is 0.143. The van der Waals surface area contributed by atoms with Crippen LogP contribution in [0.15, 0.2) is 42.9 Å². The standard InChI is InChI=1S/C14H14N4O2S/c15-14(21)10-1-3-12(4-2-10)20-8-13(19)17-7-11-5-6-16-9-18-11/h1-6,9H,7-8H2,(H2,15,21)(H,17,19). The topological polar surface area (TPSA) is 90.1 Å². The van der Waals surface area contributed by atoms with Crippen LogP contribution >= 0.6 is 12.2 Å². The smallest absolute Gasteiger partial charge is 0.258 e. The molecular weight excluding hydrogens is 288 g/mol. The summed E-state index contributed by atoms with van der Waals surface area (Å²) in [6.45, 7) is 0.266. The first-order chi connectivity index (χ1) is 10.1. The average molecular weight is 302 g/mol. The summed E-state index contributed by atoms with van der Waals surface area (Å²) in [6.07, 6.45) is 3.05. The summed E-state index contributed by atoms with van der Waals surface area (Å²) in [4.78, 5) is 19.8. The summed E-state index contributed by atoms with van der Waals surface area (Å²) < 4.78 is 5.36. The van der Waals surface area contributed by atoms with Gasteiger partial charge in [-0.1, -0.05) is 12.2 Å². The third kappa shape index (κ3) is 4.81. The Morgan fingerprint density at radius 2 is 2.05 bits per heavy atom. The predicted octanol–water partition coefficient (Wildman–Crippen LogP) is 0.806. The number of nitrogens with zero attached hydrogens (tertiary/aromatic N) is 2. The number of thiocarbonyl (C=S) groups is 1. The van der Waals surface area contributed by atoms with Gasteiger partial charge in [0.2, 0.25) is 0 Å². The van der Waals surface area contributed by atoms with Crippen LogP contribution in [0.25, 0.3) is 0 Å². The minimum Gasteiger partial charge on any atom is -0.484 e. The molecule has 0 aliphatic heterocycles. The van der Waals surface area contributed by atoms with Crippen molar-refractivity contribution in [3.8, 4) is 5.75 Å². The van der Waals surface area contributed by atoms with Gasteiger partial charge in [-0.3, -0.25) is 4.79 Å². The van der Waals surface area contributed by atoms with Crippen LogP contribution in [0, 0.1) is 0 Å². The number of carbonyl (C=O) groups is 1. The van der Waals surface area contributed by atoms with Crippen LogP contribution < -0.4 is 15.8 Å². The van der Waals surface area contributed by atoms with Crippen molar-refractivity contribution in [1.82, 2.24) is 15.3 Å². The van der Waals surface area contributed by atoms with E-state index in [0.29, 0.717) is 17.3 Å². The summed E-state index contributed by atoms with van der Waals surface area (Å²) in [6, 6.07) is 8.65. The van der Waals surface area contributed by atoms with Gasteiger partial charge in [0.15, 0.2) is 6.61 Å². The molecule has 7 heteroatoms. The highest BCUT2D eigenvalue weighted by Crippen LogP contribution is 2.11. The molecule has 0 atom stereocenters. The van der Waals surface area contributed by atoms with E-state index in [4.69, 9.17) is 22.7 Å². The largest absolute Gasteiger partial charge is 0.484 e. The molecule has 3 N–H and O–H groups in total. The van der Waals surface area contributed by atoms with Gasteiger partial charge in [-0.25, -0.2) is 9.97 Å². The lowest BCUT2D eigenvalue weighted by atomic mass is 10.2. The van der Waals surface area contributed by atoms with E-state index in [1.165, 1.54) is 6.33 Å². The number of benzene rings is 1. The van der Waals surface area contributed by atoms with Gasteiger partial charge < -0.3 is 15.8 Å². The van der Waals surface area contributed by atoms with E-state index in [0.717, 1.165) is 11.3 Å². The number of carbonyl (C=O) groups excluding carboxylic acids is 1. The van der Waals surface area contributed by atoms with Gasteiger partial charge in [-0.05, 0) is 30.3 Å². The molecule has 1 aromatic carbocycles. The lowest BCUT2D eigenvalue weighted by Gasteiger charge is -2.07. The number of ether oxygens (including phenoxy) is 1. The van der Waals surface area contributed by atoms with E-state index in [1.54, 1.807) is 36.5 Å². The highest BCUT2D eigenvalue weighted by atomic mass is 32.1. The first-order valence-electron chi connectivity index (χ1n) is 6.19. The molecule has 0 fully saturated rings. The van der Waals surface area contributed by atoms with Crippen LogP contribution in [0.2, 0.25) is 0 Å². The second-order valence-electron chi connectivity index (χ2n) is 4.15. The van der Waals surface area contributed by atoms with E-state index in [9.17, 15) is 4.79 Å². The van der Waals surface area contributed by atoms with Crippen molar-refractivity contribution in [1.29, 1.82) is 0 Å². The Morgan fingerprint density at radius 1 is 1.29 bits per heavy atom. The van der Waals surface area contributed by atoms with Crippen molar-refractivity contribution in [3.63, 3.8) is 0 Å². The minimum absolute atomic E-state index is 0.0719. The zero-order valence-corrected chi connectivity index (χ0v) is 12.0. The van der Waals surface area contributed by atoms with Crippen LogP contribution in [-0.4, -0.2) is 27.5 Å². The molecule has 0 aliphatic rings. The summed E-state index contributed by atoms with van der Waals surface area (Å²) in [5, 5.41) is 2.70.